The molecule has 0 aromatic heterocycles. The number of halogens is 1. The van der Waals surface area contributed by atoms with Crippen molar-refractivity contribution >= 4 is 25.8 Å². The van der Waals surface area contributed by atoms with Gasteiger partial charge in [0.2, 0.25) is 0 Å². The molecular formula is C12H19BrN2O2S. The van der Waals surface area contributed by atoms with Gasteiger partial charge < -0.3 is 10.6 Å². The van der Waals surface area contributed by atoms with E-state index in [0.717, 1.165) is 15.6 Å². The van der Waals surface area contributed by atoms with Crippen LogP contribution in [0.3, 0.4) is 0 Å². The Morgan fingerprint density at radius 1 is 1.39 bits per heavy atom. The van der Waals surface area contributed by atoms with Crippen molar-refractivity contribution in [2.45, 2.75) is 13.1 Å². The zero-order valence-electron chi connectivity index (χ0n) is 10.7. The summed E-state index contributed by atoms with van der Waals surface area (Å²) in [5.41, 5.74) is 7.77. The number of hydrogen-bond donors (Lipinski definition) is 1. The fourth-order valence-corrected chi connectivity index (χ4v) is 2.73. The van der Waals surface area contributed by atoms with Gasteiger partial charge in [0.05, 0.1) is 5.75 Å². The Morgan fingerprint density at radius 3 is 2.56 bits per heavy atom. The highest BCUT2D eigenvalue weighted by atomic mass is 79.9. The molecule has 0 fully saturated rings. The van der Waals surface area contributed by atoms with Crippen LogP contribution in [0, 0.1) is 0 Å². The molecule has 0 amide bonds. The SMILES string of the molecule is CN(CCS(C)(=O)=O)Cc1ccc(CN)cc1Br. The lowest BCUT2D eigenvalue weighted by molar-refractivity contribution is 0.345. The molecule has 18 heavy (non-hydrogen) atoms. The Morgan fingerprint density at radius 2 is 2.06 bits per heavy atom. The van der Waals surface area contributed by atoms with Crippen molar-refractivity contribution in [3.05, 3.63) is 33.8 Å². The van der Waals surface area contributed by atoms with Crippen LogP contribution >= 0.6 is 15.9 Å². The second kappa shape index (κ2) is 6.65. The molecule has 0 unspecified atom stereocenters. The Labute approximate surface area is 117 Å². The summed E-state index contributed by atoms with van der Waals surface area (Å²) < 4.78 is 23.2. The molecule has 0 aliphatic heterocycles. The van der Waals surface area contributed by atoms with E-state index in [4.69, 9.17) is 5.73 Å². The van der Waals surface area contributed by atoms with Gasteiger partial charge in [-0.3, -0.25) is 0 Å². The third-order valence-corrected chi connectivity index (χ3v) is 4.30. The predicted molar refractivity (Wildman–Crippen MR) is 78.1 cm³/mol. The smallest absolute Gasteiger partial charge is 0.148 e. The van der Waals surface area contributed by atoms with Gasteiger partial charge in [-0.1, -0.05) is 28.1 Å². The molecule has 0 aliphatic carbocycles. The molecule has 0 bridgehead atoms. The summed E-state index contributed by atoms with van der Waals surface area (Å²) in [4.78, 5) is 1.99. The standard InChI is InChI=1S/C12H19BrN2O2S/c1-15(5-6-18(2,16)17)9-11-4-3-10(8-14)7-12(11)13/h3-4,7H,5-6,8-9,14H2,1-2H3. The number of nitrogens with two attached hydrogens (primary N) is 1. The first-order valence-electron chi connectivity index (χ1n) is 5.65. The van der Waals surface area contributed by atoms with Crippen LogP contribution in [0.1, 0.15) is 11.1 Å². The van der Waals surface area contributed by atoms with E-state index < -0.39 is 9.84 Å². The Balaban J connectivity index is 2.62. The largest absolute Gasteiger partial charge is 0.326 e. The molecule has 0 spiro atoms. The van der Waals surface area contributed by atoms with Crippen LogP contribution in [0.2, 0.25) is 0 Å². The van der Waals surface area contributed by atoms with E-state index in [1.165, 1.54) is 6.26 Å². The summed E-state index contributed by atoms with van der Waals surface area (Å²) in [5, 5.41) is 0. The van der Waals surface area contributed by atoms with Crippen LogP contribution in [0.4, 0.5) is 0 Å². The number of benzene rings is 1. The third kappa shape index (κ3) is 5.48. The van der Waals surface area contributed by atoms with Gasteiger partial charge in [-0.25, -0.2) is 8.42 Å². The zero-order chi connectivity index (χ0) is 13.8. The number of rotatable bonds is 6. The van der Waals surface area contributed by atoms with E-state index in [1.54, 1.807) is 0 Å². The maximum Gasteiger partial charge on any atom is 0.148 e. The lowest BCUT2D eigenvalue weighted by atomic mass is 10.1. The summed E-state index contributed by atoms with van der Waals surface area (Å²) in [6.45, 7) is 1.76. The first-order valence-corrected chi connectivity index (χ1v) is 8.51. The maximum atomic E-state index is 11.1. The van der Waals surface area contributed by atoms with Gasteiger partial charge in [-0.15, -0.1) is 0 Å². The van der Waals surface area contributed by atoms with Crippen molar-refractivity contribution in [2.75, 3.05) is 25.6 Å². The van der Waals surface area contributed by atoms with E-state index in [0.29, 0.717) is 19.6 Å². The highest BCUT2D eigenvalue weighted by molar-refractivity contribution is 9.10. The van der Waals surface area contributed by atoms with Gasteiger partial charge in [0.25, 0.3) is 0 Å². The molecule has 1 aromatic rings. The minimum absolute atomic E-state index is 0.183. The van der Waals surface area contributed by atoms with E-state index in [-0.39, 0.29) is 5.75 Å². The minimum atomic E-state index is -2.90. The van der Waals surface area contributed by atoms with Crippen molar-refractivity contribution in [3.63, 3.8) is 0 Å². The molecule has 0 saturated carbocycles. The molecule has 4 nitrogen and oxygen atoms in total. The molecule has 6 heteroatoms. The topological polar surface area (TPSA) is 63.4 Å². The molecule has 102 valence electrons. The van der Waals surface area contributed by atoms with Crippen molar-refractivity contribution in [3.8, 4) is 0 Å². The van der Waals surface area contributed by atoms with Gasteiger partial charge >= 0.3 is 0 Å². The van der Waals surface area contributed by atoms with Crippen LogP contribution in [0.15, 0.2) is 22.7 Å². The second-order valence-electron chi connectivity index (χ2n) is 4.50. The monoisotopic (exact) mass is 334 g/mol. The molecule has 0 atom stereocenters. The molecule has 0 saturated heterocycles. The first kappa shape index (κ1) is 15.6. The summed E-state index contributed by atoms with van der Waals surface area (Å²) in [5.74, 6) is 0.183. The Kier molecular flexibility index (Phi) is 5.78. The van der Waals surface area contributed by atoms with Gasteiger partial charge in [-0.2, -0.15) is 0 Å². The number of hydrogen-bond acceptors (Lipinski definition) is 4. The zero-order valence-corrected chi connectivity index (χ0v) is 13.1. The second-order valence-corrected chi connectivity index (χ2v) is 7.61. The summed E-state index contributed by atoms with van der Waals surface area (Å²) >= 11 is 3.51. The Bertz CT molecular complexity index is 503. The van der Waals surface area contributed by atoms with Crippen molar-refractivity contribution in [1.82, 2.24) is 4.90 Å². The highest BCUT2D eigenvalue weighted by Gasteiger charge is 2.08. The number of nitrogens with zero attached hydrogens (tertiary/aromatic N) is 1. The molecule has 0 heterocycles. The normalized spacial score (nSPS) is 12.1. The average molecular weight is 335 g/mol. The summed E-state index contributed by atoms with van der Waals surface area (Å²) in [6, 6.07) is 6.01. The molecule has 1 aromatic carbocycles. The van der Waals surface area contributed by atoms with Crippen molar-refractivity contribution in [2.24, 2.45) is 5.73 Å². The number of sulfone groups is 1. The molecule has 2 N–H and O–H groups in total. The van der Waals surface area contributed by atoms with Crippen LogP contribution < -0.4 is 5.73 Å². The van der Waals surface area contributed by atoms with E-state index in [1.807, 2.05) is 30.1 Å². The quantitative estimate of drug-likeness (QED) is 0.853. The average Bonchev–Trinajstić information content (AvgIpc) is 2.28. The fraction of sp³-hybridized carbons (Fsp3) is 0.500. The fourth-order valence-electron chi connectivity index (χ4n) is 1.54. The molecule has 1 rings (SSSR count). The predicted octanol–water partition coefficient (Wildman–Crippen LogP) is 1.38. The van der Waals surface area contributed by atoms with Gasteiger partial charge in [0, 0.05) is 30.4 Å². The van der Waals surface area contributed by atoms with Crippen LogP contribution in [0.5, 0.6) is 0 Å². The van der Waals surface area contributed by atoms with Crippen molar-refractivity contribution in [1.29, 1.82) is 0 Å². The third-order valence-electron chi connectivity index (χ3n) is 2.64. The Hall–Kier alpha value is -0.430. The highest BCUT2D eigenvalue weighted by Crippen LogP contribution is 2.19. The summed E-state index contributed by atoms with van der Waals surface area (Å²) in [6.07, 6.45) is 1.26. The van der Waals surface area contributed by atoms with Gasteiger partial charge in [-0.05, 0) is 24.2 Å². The lowest BCUT2D eigenvalue weighted by Crippen LogP contribution is -2.25. The van der Waals surface area contributed by atoms with Gasteiger partial charge in [0.15, 0.2) is 0 Å². The van der Waals surface area contributed by atoms with Crippen LogP contribution in [0.25, 0.3) is 0 Å². The van der Waals surface area contributed by atoms with E-state index >= 15 is 0 Å². The van der Waals surface area contributed by atoms with Gasteiger partial charge in [0.1, 0.15) is 9.84 Å². The van der Waals surface area contributed by atoms with E-state index in [2.05, 4.69) is 15.9 Å². The molecular weight excluding hydrogens is 316 g/mol. The summed E-state index contributed by atoms with van der Waals surface area (Å²) in [7, 11) is -0.991. The van der Waals surface area contributed by atoms with Crippen LogP contribution in [-0.4, -0.2) is 38.9 Å². The molecule has 0 aliphatic rings. The minimum Gasteiger partial charge on any atom is -0.326 e. The molecule has 0 radical (unpaired) electrons. The van der Waals surface area contributed by atoms with Crippen molar-refractivity contribution < 1.29 is 8.42 Å². The first-order chi connectivity index (χ1) is 8.31. The van der Waals surface area contributed by atoms with Crippen LogP contribution in [-0.2, 0) is 22.9 Å². The maximum absolute atomic E-state index is 11.1. The van der Waals surface area contributed by atoms with E-state index in [9.17, 15) is 8.42 Å². The lowest BCUT2D eigenvalue weighted by Gasteiger charge is -2.17.